The molecule has 0 saturated heterocycles. The predicted molar refractivity (Wildman–Crippen MR) is 35.2 cm³/mol. The Bertz CT molecular complexity index is 233. The molecule has 52 valence electrons. The molecule has 0 aliphatic carbocycles. The van der Waals surface area contributed by atoms with Crippen LogP contribution in [0.1, 0.15) is 11.1 Å². The minimum Gasteiger partial charge on any atom is -0.232 e. The molecule has 1 aromatic carbocycles. The smallest absolute Gasteiger partial charge is 0.126 e. The van der Waals surface area contributed by atoms with Crippen LogP contribution in [0.3, 0.4) is 0 Å². The number of benzene rings is 1. The zero-order chi connectivity index (χ0) is 7.56. The lowest BCUT2D eigenvalue weighted by molar-refractivity contribution is 0.177. The zero-order valence-corrected chi connectivity index (χ0v) is 5.43. The van der Waals surface area contributed by atoms with E-state index in [9.17, 15) is 9.50 Å². The molecule has 0 aliphatic heterocycles. The van der Waals surface area contributed by atoms with E-state index in [0.29, 0.717) is 5.56 Å². The molecule has 2 heteroatoms. The van der Waals surface area contributed by atoms with Gasteiger partial charge in [0.1, 0.15) is 12.4 Å². The average Bonchev–Trinajstić information content (AvgIpc) is 1.95. The fourth-order valence-electron chi connectivity index (χ4n) is 0.718. The first-order valence-corrected chi connectivity index (χ1v) is 2.92. The van der Waals surface area contributed by atoms with Gasteiger partial charge in [0.15, 0.2) is 0 Å². The fourth-order valence-corrected chi connectivity index (χ4v) is 0.718. The first-order valence-electron chi connectivity index (χ1n) is 2.92. The number of halogens is 1. The molecule has 0 bridgehead atoms. The zero-order valence-electron chi connectivity index (χ0n) is 5.43. The van der Waals surface area contributed by atoms with Crippen molar-refractivity contribution in [2.75, 3.05) is 0 Å². The van der Waals surface area contributed by atoms with Gasteiger partial charge < -0.3 is 0 Å². The molecule has 0 amide bonds. The molecule has 0 saturated carbocycles. The second kappa shape index (κ2) is 2.80. The lowest BCUT2D eigenvalue weighted by Gasteiger charge is -1.96. The van der Waals surface area contributed by atoms with E-state index in [1.807, 2.05) is 0 Å². The summed E-state index contributed by atoms with van der Waals surface area (Å²) in [5, 5.41) is 10.2. The van der Waals surface area contributed by atoms with E-state index < -0.39 is 0 Å². The van der Waals surface area contributed by atoms with E-state index in [1.54, 1.807) is 0 Å². The molecule has 1 nitrogen and oxygen atoms in total. The van der Waals surface area contributed by atoms with Gasteiger partial charge >= 0.3 is 0 Å². The van der Waals surface area contributed by atoms with Crippen molar-refractivity contribution in [3.8, 4) is 0 Å². The maximum atomic E-state index is 12.5. The van der Waals surface area contributed by atoms with Crippen LogP contribution in [0.25, 0.3) is 0 Å². The van der Waals surface area contributed by atoms with Crippen LogP contribution < -0.4 is 0 Å². The van der Waals surface area contributed by atoms with E-state index in [-0.39, 0.29) is 18.0 Å². The minimum atomic E-state index is -0.364. The van der Waals surface area contributed by atoms with Crippen molar-refractivity contribution in [2.45, 2.75) is 6.61 Å². The third kappa shape index (κ3) is 1.33. The van der Waals surface area contributed by atoms with Gasteiger partial charge in [0, 0.05) is 0 Å². The number of hydrogen-bond acceptors (Lipinski definition) is 0. The maximum Gasteiger partial charge on any atom is 0.126 e. The Morgan fingerprint density at radius 3 is 2.70 bits per heavy atom. The summed E-state index contributed by atoms with van der Waals surface area (Å²) in [4.78, 5) is 0. The average molecular weight is 138 g/mol. The summed E-state index contributed by atoms with van der Waals surface area (Å²) in [5.74, 6) is -0.364. The van der Waals surface area contributed by atoms with Crippen molar-refractivity contribution in [3.05, 3.63) is 42.1 Å². The summed E-state index contributed by atoms with van der Waals surface area (Å²) in [7, 11) is 0. The fraction of sp³-hybridized carbons (Fsp3) is 0.125. The standard InChI is InChI=1S/C8H7FO/c1-6-4-7(5-10)2-3-8(6)9/h2-4H,1,5H2. The summed E-state index contributed by atoms with van der Waals surface area (Å²) < 4.78 is 12.5. The molecule has 0 atom stereocenters. The van der Waals surface area contributed by atoms with E-state index in [2.05, 4.69) is 6.92 Å². The van der Waals surface area contributed by atoms with Crippen molar-refractivity contribution in [3.63, 3.8) is 0 Å². The van der Waals surface area contributed by atoms with E-state index in [4.69, 9.17) is 0 Å². The molecule has 0 aromatic heterocycles. The highest BCUT2D eigenvalue weighted by atomic mass is 19.1. The van der Waals surface area contributed by atoms with Gasteiger partial charge in [0.05, 0.1) is 0 Å². The van der Waals surface area contributed by atoms with Crippen LogP contribution in [0.2, 0.25) is 0 Å². The molecular formula is C8H7FO. The van der Waals surface area contributed by atoms with Crippen LogP contribution in [-0.4, -0.2) is 0 Å². The van der Waals surface area contributed by atoms with Gasteiger partial charge in [-0.05, 0) is 24.1 Å². The van der Waals surface area contributed by atoms with Crippen LogP contribution in [0.15, 0.2) is 18.2 Å². The Hall–Kier alpha value is -0.890. The van der Waals surface area contributed by atoms with Crippen molar-refractivity contribution in [1.82, 2.24) is 0 Å². The highest BCUT2D eigenvalue weighted by molar-refractivity contribution is 5.26. The van der Waals surface area contributed by atoms with Gasteiger partial charge in [-0.1, -0.05) is 12.1 Å². The second-order valence-electron chi connectivity index (χ2n) is 2.07. The highest BCUT2D eigenvalue weighted by Crippen LogP contribution is 2.08. The van der Waals surface area contributed by atoms with Gasteiger partial charge in [-0.2, -0.15) is 0 Å². The summed E-state index contributed by atoms with van der Waals surface area (Å²) >= 11 is 0. The Balaban J connectivity index is 3.04. The molecule has 0 N–H and O–H groups in total. The Morgan fingerprint density at radius 1 is 1.50 bits per heavy atom. The van der Waals surface area contributed by atoms with Gasteiger partial charge in [-0.15, -0.1) is 0 Å². The lowest BCUT2D eigenvalue weighted by atomic mass is 10.1. The highest BCUT2D eigenvalue weighted by Gasteiger charge is 1.96. The topological polar surface area (TPSA) is 19.9 Å². The normalized spacial score (nSPS) is 9.90. The first-order chi connectivity index (χ1) is 4.74. The van der Waals surface area contributed by atoms with Crippen molar-refractivity contribution < 1.29 is 9.50 Å². The van der Waals surface area contributed by atoms with Crippen LogP contribution in [0, 0.1) is 12.7 Å². The van der Waals surface area contributed by atoms with Crippen molar-refractivity contribution in [2.24, 2.45) is 0 Å². The molecule has 0 aliphatic rings. The third-order valence-corrected chi connectivity index (χ3v) is 1.28. The quantitative estimate of drug-likeness (QED) is 0.565. The van der Waals surface area contributed by atoms with Gasteiger partial charge in [0.2, 0.25) is 0 Å². The van der Waals surface area contributed by atoms with Crippen LogP contribution in [-0.2, 0) is 11.7 Å². The second-order valence-corrected chi connectivity index (χ2v) is 2.07. The molecule has 1 rings (SSSR count). The Kier molecular flexibility index (Phi) is 2.02. The summed E-state index contributed by atoms with van der Waals surface area (Å²) in [6.45, 7) is 3.10. The number of hydrogen-bond donors (Lipinski definition) is 0. The number of rotatable bonds is 1. The van der Waals surface area contributed by atoms with Gasteiger partial charge in [-0.3, -0.25) is 0 Å². The van der Waals surface area contributed by atoms with Crippen molar-refractivity contribution >= 4 is 0 Å². The monoisotopic (exact) mass is 138 g/mol. The molecule has 2 radical (unpaired) electrons. The van der Waals surface area contributed by atoms with E-state index in [0.717, 1.165) is 0 Å². The molecular weight excluding hydrogens is 131 g/mol. The summed E-state index contributed by atoms with van der Waals surface area (Å²) in [6, 6.07) is 4.19. The Labute approximate surface area is 59.1 Å². The molecule has 0 heterocycles. The minimum absolute atomic E-state index is 0.286. The van der Waals surface area contributed by atoms with Crippen LogP contribution >= 0.6 is 0 Å². The molecule has 10 heavy (non-hydrogen) atoms. The van der Waals surface area contributed by atoms with Gasteiger partial charge in [0.25, 0.3) is 0 Å². The van der Waals surface area contributed by atoms with Crippen LogP contribution in [0.5, 0.6) is 0 Å². The largest absolute Gasteiger partial charge is 0.232 e. The van der Waals surface area contributed by atoms with Crippen LogP contribution in [0.4, 0.5) is 4.39 Å². The molecule has 0 unspecified atom stereocenters. The molecule has 1 aromatic rings. The third-order valence-electron chi connectivity index (χ3n) is 1.28. The summed E-state index contributed by atoms with van der Waals surface area (Å²) in [6.07, 6.45) is 0. The van der Waals surface area contributed by atoms with Crippen molar-refractivity contribution in [1.29, 1.82) is 0 Å². The Morgan fingerprint density at radius 2 is 2.20 bits per heavy atom. The molecule has 0 spiro atoms. The SMILES string of the molecule is [CH2]c1cc(C[O])ccc1F. The predicted octanol–water partition coefficient (Wildman–Crippen LogP) is 1.94. The summed E-state index contributed by atoms with van der Waals surface area (Å²) in [5.41, 5.74) is 0.861. The first kappa shape index (κ1) is 7.22. The molecule has 0 fully saturated rings. The maximum absolute atomic E-state index is 12.5. The van der Waals surface area contributed by atoms with E-state index >= 15 is 0 Å². The van der Waals surface area contributed by atoms with E-state index in [1.165, 1.54) is 18.2 Å². The lowest BCUT2D eigenvalue weighted by Crippen LogP contribution is -1.86. The van der Waals surface area contributed by atoms with Gasteiger partial charge in [-0.25, -0.2) is 9.50 Å².